The van der Waals surface area contributed by atoms with Crippen LogP contribution in [0.15, 0.2) is 0 Å². The maximum atomic E-state index is 5.00. The van der Waals surface area contributed by atoms with Crippen LogP contribution in [-0.4, -0.2) is 4.86 Å². The van der Waals surface area contributed by atoms with E-state index < -0.39 is 0 Å². The van der Waals surface area contributed by atoms with Crippen molar-refractivity contribution >= 4 is 17.1 Å². The molecule has 1 fully saturated rings. The highest BCUT2D eigenvalue weighted by atomic mass is 32.1. The first-order valence-corrected chi connectivity index (χ1v) is 4.04. The van der Waals surface area contributed by atoms with Gasteiger partial charge in [-0.1, -0.05) is 32.0 Å². The molecule has 0 amide bonds. The van der Waals surface area contributed by atoms with Crippen molar-refractivity contribution in [3.8, 4) is 0 Å². The van der Waals surface area contributed by atoms with Crippen molar-refractivity contribution in [1.82, 2.24) is 0 Å². The lowest BCUT2D eigenvalue weighted by Crippen LogP contribution is -2.21. The van der Waals surface area contributed by atoms with E-state index in [0.717, 1.165) is 12.3 Å². The Kier molecular flexibility index (Phi) is 2.65. The van der Waals surface area contributed by atoms with Crippen molar-refractivity contribution < 1.29 is 0 Å². The number of thiocarbonyl (C=S) groups is 1. The minimum atomic E-state index is 0.930. The van der Waals surface area contributed by atoms with E-state index in [1.807, 2.05) is 0 Å². The molecule has 0 atom stereocenters. The van der Waals surface area contributed by atoms with E-state index in [4.69, 9.17) is 12.2 Å². The Bertz CT molecular complexity index is 99.1. The molecular weight excluding hydrogens is 128 g/mol. The van der Waals surface area contributed by atoms with E-state index in [9.17, 15) is 0 Å². The Morgan fingerprint density at radius 1 is 1.56 bits per heavy atom. The zero-order valence-corrected chi connectivity index (χ0v) is 6.54. The van der Waals surface area contributed by atoms with E-state index in [0.29, 0.717) is 0 Å². The third-order valence-electron chi connectivity index (χ3n) is 1.90. The van der Waals surface area contributed by atoms with Crippen LogP contribution < -0.4 is 0 Å². The van der Waals surface area contributed by atoms with Gasteiger partial charge in [0.05, 0.1) is 0 Å². The Labute approximate surface area is 62.6 Å². The molecule has 0 aromatic heterocycles. The molecule has 0 heterocycles. The summed E-state index contributed by atoms with van der Waals surface area (Å²) in [5, 5.41) is 0. The zero-order valence-electron chi connectivity index (χ0n) is 5.73. The van der Waals surface area contributed by atoms with Crippen LogP contribution in [-0.2, 0) is 0 Å². The first-order valence-electron chi connectivity index (χ1n) is 3.64. The van der Waals surface area contributed by atoms with Crippen molar-refractivity contribution in [3.05, 3.63) is 6.92 Å². The monoisotopic (exact) mass is 141 g/mol. The van der Waals surface area contributed by atoms with E-state index in [1.54, 1.807) is 0 Å². The summed E-state index contributed by atoms with van der Waals surface area (Å²) in [6.45, 7) is 3.80. The second-order valence-electron chi connectivity index (χ2n) is 2.81. The van der Waals surface area contributed by atoms with Crippen LogP contribution >= 0.6 is 12.2 Å². The summed E-state index contributed by atoms with van der Waals surface area (Å²) in [6, 6.07) is 0. The molecule has 1 rings (SSSR count). The Hall–Kier alpha value is 0.0900. The topological polar surface area (TPSA) is 0 Å². The predicted molar refractivity (Wildman–Crippen MR) is 44.5 cm³/mol. The van der Waals surface area contributed by atoms with E-state index >= 15 is 0 Å². The summed E-state index contributed by atoms with van der Waals surface area (Å²) >= 11 is 5.00. The van der Waals surface area contributed by atoms with Gasteiger partial charge in [-0.05, 0) is 30.0 Å². The molecule has 0 N–H and O–H groups in total. The molecular formula is C8H13S. The van der Waals surface area contributed by atoms with Crippen LogP contribution in [0, 0.1) is 12.8 Å². The lowest BCUT2D eigenvalue weighted by molar-refractivity contribution is 0.454. The third-order valence-corrected chi connectivity index (χ3v) is 2.23. The van der Waals surface area contributed by atoms with Crippen LogP contribution in [0.1, 0.15) is 32.1 Å². The summed E-state index contributed by atoms with van der Waals surface area (Å²) in [6.07, 6.45) is 6.16. The quantitative estimate of drug-likeness (QED) is 0.545. The summed E-state index contributed by atoms with van der Waals surface area (Å²) in [5.74, 6) is 0.930. The molecule has 51 valence electrons. The van der Waals surface area contributed by atoms with Gasteiger partial charge in [-0.3, -0.25) is 0 Å². The smallest absolute Gasteiger partial charge is 0.00658 e. The van der Waals surface area contributed by atoms with Crippen molar-refractivity contribution in [2.24, 2.45) is 5.92 Å². The first kappa shape index (κ1) is 7.20. The molecule has 1 aliphatic carbocycles. The fourth-order valence-corrected chi connectivity index (χ4v) is 1.69. The van der Waals surface area contributed by atoms with Gasteiger partial charge in [-0.2, -0.15) is 0 Å². The molecule has 0 unspecified atom stereocenters. The molecule has 0 nitrogen and oxygen atoms in total. The van der Waals surface area contributed by atoms with Gasteiger partial charge >= 0.3 is 0 Å². The molecule has 1 radical (unpaired) electrons. The highest BCUT2D eigenvalue weighted by Crippen LogP contribution is 2.28. The van der Waals surface area contributed by atoms with Crippen LogP contribution in [0.5, 0.6) is 0 Å². The second-order valence-corrected chi connectivity index (χ2v) is 3.39. The van der Waals surface area contributed by atoms with Crippen LogP contribution in [0.2, 0.25) is 0 Å². The van der Waals surface area contributed by atoms with Gasteiger partial charge in [0.1, 0.15) is 0 Å². The van der Waals surface area contributed by atoms with Gasteiger partial charge in [0.25, 0.3) is 0 Å². The SMILES string of the molecule is [CH2]CCCC1CC(=S)C1. The Morgan fingerprint density at radius 2 is 2.22 bits per heavy atom. The molecule has 0 aromatic rings. The number of unbranched alkanes of at least 4 members (excludes halogenated alkanes) is 1. The predicted octanol–water partition coefficient (Wildman–Crippen LogP) is 2.77. The lowest BCUT2D eigenvalue weighted by atomic mass is 9.81. The van der Waals surface area contributed by atoms with E-state index in [1.165, 1.54) is 30.5 Å². The largest absolute Gasteiger partial charge is 0.0897 e. The van der Waals surface area contributed by atoms with Gasteiger partial charge in [-0.25, -0.2) is 0 Å². The fraction of sp³-hybridized carbons (Fsp3) is 0.750. The van der Waals surface area contributed by atoms with E-state index in [2.05, 4.69) is 6.92 Å². The lowest BCUT2D eigenvalue weighted by Gasteiger charge is -2.26. The van der Waals surface area contributed by atoms with E-state index in [-0.39, 0.29) is 0 Å². The molecule has 0 saturated heterocycles. The van der Waals surface area contributed by atoms with Crippen molar-refractivity contribution in [1.29, 1.82) is 0 Å². The van der Waals surface area contributed by atoms with Crippen LogP contribution in [0.4, 0.5) is 0 Å². The highest BCUT2D eigenvalue weighted by molar-refractivity contribution is 7.80. The first-order chi connectivity index (χ1) is 4.33. The summed E-state index contributed by atoms with van der Waals surface area (Å²) in [7, 11) is 0. The molecule has 1 saturated carbocycles. The highest BCUT2D eigenvalue weighted by Gasteiger charge is 2.21. The van der Waals surface area contributed by atoms with Gasteiger partial charge in [-0.15, -0.1) is 0 Å². The average molecular weight is 141 g/mol. The molecule has 1 aliphatic rings. The molecule has 0 spiro atoms. The van der Waals surface area contributed by atoms with Crippen molar-refractivity contribution in [2.45, 2.75) is 32.1 Å². The third kappa shape index (κ3) is 2.05. The number of rotatable bonds is 3. The summed E-state index contributed by atoms with van der Waals surface area (Å²) < 4.78 is 0. The summed E-state index contributed by atoms with van der Waals surface area (Å²) in [4.78, 5) is 1.28. The summed E-state index contributed by atoms with van der Waals surface area (Å²) in [5.41, 5.74) is 0. The van der Waals surface area contributed by atoms with Crippen LogP contribution in [0.25, 0.3) is 0 Å². The zero-order chi connectivity index (χ0) is 6.69. The van der Waals surface area contributed by atoms with Gasteiger partial charge in [0, 0.05) is 0 Å². The Balaban J connectivity index is 1.97. The standard InChI is InChI=1S/C8H13S/c1-2-3-4-7-5-8(9)6-7/h7H,1-6H2. The fourth-order valence-electron chi connectivity index (χ4n) is 1.22. The average Bonchev–Trinajstić information content (AvgIpc) is 1.78. The molecule has 1 heteroatoms. The molecule has 9 heavy (non-hydrogen) atoms. The van der Waals surface area contributed by atoms with Gasteiger partial charge in [0.15, 0.2) is 0 Å². The van der Waals surface area contributed by atoms with Gasteiger partial charge < -0.3 is 0 Å². The second kappa shape index (κ2) is 3.31. The molecule has 0 aliphatic heterocycles. The van der Waals surface area contributed by atoms with Crippen LogP contribution in [0.3, 0.4) is 0 Å². The molecule has 0 bridgehead atoms. The Morgan fingerprint density at radius 3 is 2.67 bits per heavy atom. The minimum Gasteiger partial charge on any atom is -0.0897 e. The number of hydrogen-bond donors (Lipinski definition) is 0. The van der Waals surface area contributed by atoms with Gasteiger partial charge in [0.2, 0.25) is 0 Å². The maximum Gasteiger partial charge on any atom is -0.00658 e. The minimum absolute atomic E-state index is 0.930. The van der Waals surface area contributed by atoms with Crippen molar-refractivity contribution in [2.75, 3.05) is 0 Å². The molecule has 0 aromatic carbocycles. The van der Waals surface area contributed by atoms with Crippen molar-refractivity contribution in [3.63, 3.8) is 0 Å². The normalized spacial score (nSPS) is 19.9. The number of hydrogen-bond acceptors (Lipinski definition) is 1. The maximum absolute atomic E-state index is 5.00.